The molecular formula is C19H29ClN4O2. The molecule has 7 heteroatoms. The van der Waals surface area contributed by atoms with Crippen LogP contribution in [0.2, 0.25) is 5.02 Å². The van der Waals surface area contributed by atoms with Crippen LogP contribution in [0.1, 0.15) is 43.6 Å². The number of carbonyl (C=O) groups is 1. The third-order valence-electron chi connectivity index (χ3n) is 6.37. The van der Waals surface area contributed by atoms with Crippen LogP contribution in [0.25, 0.3) is 0 Å². The van der Waals surface area contributed by atoms with E-state index in [0.29, 0.717) is 29.1 Å². The lowest BCUT2D eigenvalue weighted by molar-refractivity contribution is 0.00247. The van der Waals surface area contributed by atoms with Gasteiger partial charge in [-0.05, 0) is 31.7 Å². The fourth-order valence-electron chi connectivity index (χ4n) is 5.08. The summed E-state index contributed by atoms with van der Waals surface area (Å²) >= 11 is 6.09. The molecule has 1 aromatic rings. The Hall–Kier alpha value is -1.11. The first-order valence-electron chi connectivity index (χ1n) is 9.75. The average Bonchev–Trinajstić information content (AvgIpc) is 3.29. The van der Waals surface area contributed by atoms with Crippen LogP contribution in [-0.4, -0.2) is 58.5 Å². The van der Waals surface area contributed by atoms with E-state index in [-0.39, 0.29) is 17.6 Å². The molecule has 1 aromatic heterocycles. The van der Waals surface area contributed by atoms with Crippen molar-refractivity contribution in [1.82, 2.24) is 20.0 Å². The molecule has 4 rings (SSSR count). The second kappa shape index (κ2) is 6.80. The normalized spacial score (nSPS) is 33.2. The van der Waals surface area contributed by atoms with Crippen molar-refractivity contribution in [3.8, 4) is 0 Å². The molecule has 2 bridgehead atoms. The van der Waals surface area contributed by atoms with E-state index in [1.54, 1.807) is 17.9 Å². The number of carbonyl (C=O) groups excluding carboxylic acids is 1. The first kappa shape index (κ1) is 18.3. The molecule has 0 radical (unpaired) electrons. The van der Waals surface area contributed by atoms with Crippen LogP contribution in [0, 0.1) is 17.8 Å². The zero-order chi connectivity index (χ0) is 18.5. The number of fused-ring (bicyclic) bond motifs is 1. The Morgan fingerprint density at radius 3 is 3.04 bits per heavy atom. The number of hydrogen-bond donors (Lipinski definition) is 1. The molecule has 3 saturated heterocycles. The second-order valence-corrected chi connectivity index (χ2v) is 9.06. The van der Waals surface area contributed by atoms with E-state index >= 15 is 0 Å². The van der Waals surface area contributed by atoms with Gasteiger partial charge in [0.05, 0.1) is 16.7 Å². The van der Waals surface area contributed by atoms with Crippen LogP contribution in [0.4, 0.5) is 0 Å². The molecule has 3 aliphatic rings. The summed E-state index contributed by atoms with van der Waals surface area (Å²) in [7, 11) is 1.76. The minimum atomic E-state index is -0.193. The number of hydrogen-bond acceptors (Lipinski definition) is 4. The van der Waals surface area contributed by atoms with Crippen molar-refractivity contribution >= 4 is 17.5 Å². The van der Waals surface area contributed by atoms with Crippen LogP contribution in [-0.2, 0) is 11.8 Å². The van der Waals surface area contributed by atoms with E-state index in [1.165, 1.54) is 6.42 Å². The summed E-state index contributed by atoms with van der Waals surface area (Å²) in [6.07, 6.45) is 5.43. The number of rotatable bonds is 6. The molecule has 6 nitrogen and oxygen atoms in total. The van der Waals surface area contributed by atoms with Gasteiger partial charge in [0.25, 0.3) is 5.91 Å². The Morgan fingerprint density at radius 1 is 1.54 bits per heavy atom. The predicted octanol–water partition coefficient (Wildman–Crippen LogP) is 2.33. The first-order chi connectivity index (χ1) is 12.4. The summed E-state index contributed by atoms with van der Waals surface area (Å²) in [5.74, 6) is 1.44. The molecule has 0 aromatic carbocycles. The van der Waals surface area contributed by atoms with Crippen molar-refractivity contribution in [2.45, 2.75) is 44.8 Å². The maximum atomic E-state index is 12.5. The maximum Gasteiger partial charge on any atom is 0.273 e. The molecule has 0 saturated carbocycles. The Morgan fingerprint density at radius 2 is 2.35 bits per heavy atom. The van der Waals surface area contributed by atoms with Gasteiger partial charge in [-0.2, -0.15) is 5.10 Å². The SMILES string of the molecule is CC(C)CCN1C[C@@H]2[C@H](CNC(=O)c3nn(C)cc3Cl)[C@H]3CC[C@]2(C1)O3. The van der Waals surface area contributed by atoms with Gasteiger partial charge in [-0.1, -0.05) is 25.4 Å². The number of amides is 1. The van der Waals surface area contributed by atoms with Gasteiger partial charge in [-0.25, -0.2) is 0 Å². The third kappa shape index (κ3) is 3.16. The molecule has 1 spiro atoms. The molecule has 3 aliphatic heterocycles. The second-order valence-electron chi connectivity index (χ2n) is 8.66. The highest BCUT2D eigenvalue weighted by Gasteiger charge is 2.62. The van der Waals surface area contributed by atoms with Gasteiger partial charge in [-0.3, -0.25) is 9.48 Å². The van der Waals surface area contributed by atoms with E-state index in [2.05, 4.69) is 29.2 Å². The summed E-state index contributed by atoms with van der Waals surface area (Å²) in [6, 6.07) is 0. The zero-order valence-corrected chi connectivity index (χ0v) is 16.6. The Labute approximate surface area is 160 Å². The summed E-state index contributed by atoms with van der Waals surface area (Å²) in [5, 5.41) is 7.61. The number of ether oxygens (including phenoxy) is 1. The van der Waals surface area contributed by atoms with Gasteiger partial charge < -0.3 is 15.0 Å². The summed E-state index contributed by atoms with van der Waals surface area (Å²) in [6.45, 7) is 8.48. The van der Waals surface area contributed by atoms with Crippen molar-refractivity contribution in [1.29, 1.82) is 0 Å². The third-order valence-corrected chi connectivity index (χ3v) is 6.65. The van der Waals surface area contributed by atoms with Gasteiger partial charge in [0.15, 0.2) is 5.69 Å². The molecule has 1 amide bonds. The monoisotopic (exact) mass is 380 g/mol. The number of halogens is 1. The fraction of sp³-hybridized carbons (Fsp3) is 0.789. The largest absolute Gasteiger partial charge is 0.370 e. The lowest BCUT2D eigenvalue weighted by atomic mass is 9.73. The number of aromatic nitrogens is 2. The molecule has 4 heterocycles. The van der Waals surface area contributed by atoms with Crippen LogP contribution < -0.4 is 5.32 Å². The molecule has 4 atom stereocenters. The number of nitrogens with zero attached hydrogens (tertiary/aromatic N) is 3. The molecule has 0 unspecified atom stereocenters. The maximum absolute atomic E-state index is 12.5. The van der Waals surface area contributed by atoms with Crippen LogP contribution in [0.3, 0.4) is 0 Å². The van der Waals surface area contributed by atoms with Gasteiger partial charge in [0.2, 0.25) is 0 Å². The highest BCUT2D eigenvalue weighted by atomic mass is 35.5. The number of likely N-dealkylation sites (tertiary alicyclic amines) is 1. The Balaban J connectivity index is 1.38. The molecule has 26 heavy (non-hydrogen) atoms. The highest BCUT2D eigenvalue weighted by Crippen LogP contribution is 2.54. The average molecular weight is 381 g/mol. The van der Waals surface area contributed by atoms with Crippen molar-refractivity contribution in [2.24, 2.45) is 24.8 Å². The van der Waals surface area contributed by atoms with E-state index in [9.17, 15) is 4.79 Å². The zero-order valence-electron chi connectivity index (χ0n) is 15.9. The summed E-state index contributed by atoms with van der Waals surface area (Å²) in [4.78, 5) is 15.0. The first-order valence-corrected chi connectivity index (χ1v) is 10.1. The van der Waals surface area contributed by atoms with Crippen LogP contribution >= 0.6 is 11.6 Å². The van der Waals surface area contributed by atoms with Crippen molar-refractivity contribution in [3.05, 3.63) is 16.9 Å². The fourth-order valence-corrected chi connectivity index (χ4v) is 5.34. The van der Waals surface area contributed by atoms with Crippen molar-refractivity contribution in [2.75, 3.05) is 26.2 Å². The molecule has 1 N–H and O–H groups in total. The van der Waals surface area contributed by atoms with E-state index in [1.807, 2.05) is 0 Å². The van der Waals surface area contributed by atoms with E-state index < -0.39 is 0 Å². The van der Waals surface area contributed by atoms with Crippen molar-refractivity contribution < 1.29 is 9.53 Å². The van der Waals surface area contributed by atoms with E-state index in [4.69, 9.17) is 16.3 Å². The molecule has 3 fully saturated rings. The van der Waals surface area contributed by atoms with Gasteiger partial charge in [0.1, 0.15) is 0 Å². The standard InChI is InChI=1S/C19H29ClN4O2/c1-12(2)5-7-24-9-14-13(16-4-6-19(14,11-24)26-16)8-21-18(25)17-15(20)10-23(3)22-17/h10,12-14,16H,4-9,11H2,1-3H3,(H,21,25)/t13-,14+,16+,19+/m0/s1. The van der Waals surface area contributed by atoms with Crippen LogP contribution in [0.5, 0.6) is 0 Å². The lowest BCUT2D eigenvalue weighted by Crippen LogP contribution is -2.42. The predicted molar refractivity (Wildman–Crippen MR) is 100 cm³/mol. The van der Waals surface area contributed by atoms with Crippen molar-refractivity contribution in [3.63, 3.8) is 0 Å². The molecule has 144 valence electrons. The molecular weight excluding hydrogens is 352 g/mol. The van der Waals surface area contributed by atoms with Gasteiger partial charge in [-0.15, -0.1) is 0 Å². The number of aryl methyl sites for hydroxylation is 1. The smallest absolute Gasteiger partial charge is 0.273 e. The Bertz CT molecular complexity index is 691. The minimum absolute atomic E-state index is 0.0275. The lowest BCUT2D eigenvalue weighted by Gasteiger charge is -2.29. The van der Waals surface area contributed by atoms with Crippen LogP contribution in [0.15, 0.2) is 6.20 Å². The summed E-state index contributed by atoms with van der Waals surface area (Å²) in [5.41, 5.74) is 0.331. The number of nitrogens with one attached hydrogen (secondary N) is 1. The Kier molecular flexibility index (Phi) is 4.78. The quantitative estimate of drug-likeness (QED) is 0.822. The van der Waals surface area contributed by atoms with Gasteiger partial charge >= 0.3 is 0 Å². The highest BCUT2D eigenvalue weighted by molar-refractivity contribution is 6.33. The van der Waals surface area contributed by atoms with Gasteiger partial charge in [0, 0.05) is 44.7 Å². The minimum Gasteiger partial charge on any atom is -0.370 e. The topological polar surface area (TPSA) is 59.4 Å². The van der Waals surface area contributed by atoms with E-state index in [0.717, 1.165) is 38.4 Å². The molecule has 0 aliphatic carbocycles. The summed E-state index contributed by atoms with van der Waals surface area (Å²) < 4.78 is 8.03.